The second-order valence-corrected chi connectivity index (χ2v) is 14.4. The normalized spacial score (nSPS) is 37.2. The second kappa shape index (κ2) is 13.3. The molecule has 4 heterocycles. The Kier molecular flexibility index (Phi) is 9.06. The van der Waals surface area contributed by atoms with Crippen LogP contribution in [0.25, 0.3) is 0 Å². The maximum Gasteiger partial charge on any atom is 0.314 e. The number of benzene rings is 2. The molecule has 2 aromatic rings. The fraction of sp³-hybridized carbons (Fsp3) is 0.579. The summed E-state index contributed by atoms with van der Waals surface area (Å²) in [6.07, 6.45) is 3.24. The minimum absolute atomic E-state index is 0.0757. The number of methoxy groups -OCH3 is 2. The Morgan fingerprint density at radius 3 is 1.27 bits per heavy atom. The zero-order valence-corrected chi connectivity index (χ0v) is 28.1. The number of rotatable bonds is 8. The van der Waals surface area contributed by atoms with Gasteiger partial charge < -0.3 is 18.9 Å². The van der Waals surface area contributed by atoms with Crippen LogP contribution in [0.5, 0.6) is 0 Å². The Morgan fingerprint density at radius 1 is 0.542 bits per heavy atom. The van der Waals surface area contributed by atoms with E-state index < -0.39 is 47.8 Å². The van der Waals surface area contributed by atoms with Crippen molar-refractivity contribution >= 4 is 23.9 Å². The van der Waals surface area contributed by atoms with Gasteiger partial charge in [-0.1, -0.05) is 60.7 Å². The fourth-order valence-corrected chi connectivity index (χ4v) is 9.94. The Labute approximate surface area is 282 Å². The first kappa shape index (κ1) is 32.8. The minimum atomic E-state index is -0.847. The lowest BCUT2D eigenvalue weighted by atomic mass is 9.52. The van der Waals surface area contributed by atoms with Gasteiger partial charge in [-0.25, -0.2) is 0 Å². The molecule has 10 heteroatoms. The smallest absolute Gasteiger partial charge is 0.314 e. The van der Waals surface area contributed by atoms with E-state index in [1.54, 1.807) is 0 Å². The third-order valence-corrected chi connectivity index (χ3v) is 12.4. The molecule has 256 valence electrons. The van der Waals surface area contributed by atoms with Crippen LogP contribution < -0.4 is 0 Å². The second-order valence-electron chi connectivity index (χ2n) is 14.4. The molecule has 1 aliphatic carbocycles. The summed E-state index contributed by atoms with van der Waals surface area (Å²) in [4.78, 5) is 59.7. The van der Waals surface area contributed by atoms with Crippen LogP contribution in [0.1, 0.15) is 61.5 Å². The average molecular weight is 659 g/mol. The van der Waals surface area contributed by atoms with Crippen LogP contribution in [0.3, 0.4) is 0 Å². The van der Waals surface area contributed by atoms with E-state index in [4.69, 9.17) is 18.9 Å². The van der Waals surface area contributed by atoms with Gasteiger partial charge in [0.1, 0.15) is 24.0 Å². The molecule has 7 rings (SSSR count). The molecular weight excluding hydrogens is 612 g/mol. The number of ether oxygens (including phenoxy) is 4. The molecule has 0 unspecified atom stereocenters. The molecule has 0 aromatic heterocycles. The lowest BCUT2D eigenvalue weighted by Crippen LogP contribution is -2.58. The minimum Gasteiger partial charge on any atom is -0.469 e. The molecule has 4 aliphatic heterocycles. The van der Waals surface area contributed by atoms with Crippen molar-refractivity contribution in [3.05, 3.63) is 71.8 Å². The molecule has 10 nitrogen and oxygen atoms in total. The van der Waals surface area contributed by atoms with Gasteiger partial charge in [-0.05, 0) is 50.9 Å². The number of carbonyl (C=O) groups is 4. The zero-order valence-electron chi connectivity index (χ0n) is 28.1. The van der Waals surface area contributed by atoms with Gasteiger partial charge in [-0.2, -0.15) is 0 Å². The molecule has 0 spiro atoms. The van der Waals surface area contributed by atoms with E-state index in [0.717, 1.165) is 36.8 Å². The van der Waals surface area contributed by atoms with Crippen LogP contribution in [-0.2, 0) is 38.1 Å². The van der Waals surface area contributed by atoms with E-state index in [-0.39, 0.29) is 47.9 Å². The summed E-state index contributed by atoms with van der Waals surface area (Å²) in [5.74, 6) is -5.41. The molecule has 2 aromatic carbocycles. The number of nitrogens with zero attached hydrogens (tertiary/aromatic N) is 2. The summed E-state index contributed by atoms with van der Waals surface area (Å²) >= 11 is 0. The van der Waals surface area contributed by atoms with Crippen molar-refractivity contribution in [3.8, 4) is 0 Å². The third kappa shape index (κ3) is 5.50. The average Bonchev–Trinajstić information content (AvgIpc) is 3.45. The lowest BCUT2D eigenvalue weighted by molar-refractivity contribution is -0.190. The van der Waals surface area contributed by atoms with Crippen molar-refractivity contribution in [2.24, 2.45) is 23.7 Å². The highest BCUT2D eigenvalue weighted by Gasteiger charge is 2.62. The van der Waals surface area contributed by atoms with Crippen LogP contribution in [0.15, 0.2) is 60.7 Å². The first-order valence-corrected chi connectivity index (χ1v) is 17.3. The first-order valence-electron chi connectivity index (χ1n) is 17.3. The number of carbonyl (C=O) groups excluding carboxylic acids is 4. The SMILES string of the molecule is COC(=O)[C@@H]1[C@H]2CC[C@@H](C[C@H]1OC(=O)[C@H]1[C@H](C(=O)O[C@@H]3C[C@@H]4CC[C@H]([C@H]3C(=O)OC)N4C)[C@@H](c3ccccc3)[C@@H]1c1ccccc1)N2C. The number of fused-ring (bicyclic) bond motifs is 4. The highest BCUT2D eigenvalue weighted by atomic mass is 16.6. The lowest BCUT2D eigenvalue weighted by Gasteiger charge is -2.51. The predicted molar refractivity (Wildman–Crippen MR) is 174 cm³/mol. The maximum absolute atomic E-state index is 14.5. The monoisotopic (exact) mass is 658 g/mol. The summed E-state index contributed by atoms with van der Waals surface area (Å²) < 4.78 is 23.1. The summed E-state index contributed by atoms with van der Waals surface area (Å²) in [6, 6.07) is 19.8. The number of hydrogen-bond donors (Lipinski definition) is 0. The molecule has 12 atom stereocenters. The highest BCUT2D eigenvalue weighted by molar-refractivity contribution is 5.88. The number of esters is 4. The molecule has 4 bridgehead atoms. The first-order chi connectivity index (χ1) is 23.2. The van der Waals surface area contributed by atoms with E-state index in [1.807, 2.05) is 74.8 Å². The van der Waals surface area contributed by atoms with E-state index in [1.165, 1.54) is 14.2 Å². The number of hydrogen-bond acceptors (Lipinski definition) is 10. The molecule has 0 amide bonds. The van der Waals surface area contributed by atoms with Crippen molar-refractivity contribution in [2.75, 3.05) is 28.3 Å². The van der Waals surface area contributed by atoms with Gasteiger partial charge in [0.25, 0.3) is 0 Å². The van der Waals surface area contributed by atoms with Crippen LogP contribution in [0, 0.1) is 23.7 Å². The van der Waals surface area contributed by atoms with Gasteiger partial charge in [0, 0.05) is 48.8 Å². The molecule has 0 radical (unpaired) electrons. The van der Waals surface area contributed by atoms with Gasteiger partial charge in [0.2, 0.25) is 0 Å². The van der Waals surface area contributed by atoms with Crippen molar-refractivity contribution in [1.29, 1.82) is 0 Å². The fourth-order valence-electron chi connectivity index (χ4n) is 9.94. The van der Waals surface area contributed by atoms with Crippen molar-refractivity contribution < 1.29 is 38.1 Å². The molecule has 5 fully saturated rings. The van der Waals surface area contributed by atoms with Gasteiger partial charge in [-0.15, -0.1) is 0 Å². The Balaban J connectivity index is 1.23. The maximum atomic E-state index is 14.5. The molecule has 0 N–H and O–H groups in total. The molecular formula is C38H46N2O8. The van der Waals surface area contributed by atoms with Crippen LogP contribution in [-0.4, -0.2) is 98.4 Å². The van der Waals surface area contributed by atoms with E-state index in [2.05, 4.69) is 9.80 Å². The van der Waals surface area contributed by atoms with Crippen molar-refractivity contribution in [3.63, 3.8) is 0 Å². The van der Waals surface area contributed by atoms with Gasteiger partial charge in [-0.3, -0.25) is 29.0 Å². The van der Waals surface area contributed by atoms with Gasteiger partial charge in [0.05, 0.1) is 26.1 Å². The van der Waals surface area contributed by atoms with Crippen LogP contribution >= 0.6 is 0 Å². The van der Waals surface area contributed by atoms with Crippen LogP contribution in [0.4, 0.5) is 0 Å². The summed E-state index contributed by atoms with van der Waals surface area (Å²) in [7, 11) is 6.77. The Morgan fingerprint density at radius 2 is 0.917 bits per heavy atom. The standard InChI is InChI=1S/C38H46N2O8/c1-39-23-15-17-25(39)31(35(41)45-3)27(19-23)47-37(43)33-29(21-11-7-5-8-12-21)30(22-13-9-6-10-14-22)34(33)38(44)48-28-20-24-16-18-26(40(24)2)32(28)36(42)46-4/h5-14,23-34H,15-20H2,1-4H3/t23-,24-,25+,26+,27+,28+,29-,30-,31+,32+,33+,34+/m0/s1. The van der Waals surface area contributed by atoms with E-state index >= 15 is 0 Å². The number of piperidine rings is 2. The van der Waals surface area contributed by atoms with Gasteiger partial charge in [0.15, 0.2) is 0 Å². The quantitative estimate of drug-likeness (QED) is 0.306. The van der Waals surface area contributed by atoms with Crippen molar-refractivity contribution in [2.45, 2.75) is 86.7 Å². The highest BCUT2D eigenvalue weighted by Crippen LogP contribution is 2.59. The summed E-state index contributed by atoms with van der Waals surface area (Å²) in [5.41, 5.74) is 1.85. The molecule has 48 heavy (non-hydrogen) atoms. The topological polar surface area (TPSA) is 112 Å². The summed E-state index contributed by atoms with van der Waals surface area (Å²) in [6.45, 7) is 0. The largest absolute Gasteiger partial charge is 0.469 e. The Bertz CT molecular complexity index is 1410. The van der Waals surface area contributed by atoms with Gasteiger partial charge >= 0.3 is 23.9 Å². The van der Waals surface area contributed by atoms with E-state index in [9.17, 15) is 19.2 Å². The van der Waals surface area contributed by atoms with Crippen molar-refractivity contribution in [1.82, 2.24) is 9.80 Å². The molecule has 4 saturated heterocycles. The Hall–Kier alpha value is -3.76. The van der Waals surface area contributed by atoms with Crippen LogP contribution in [0.2, 0.25) is 0 Å². The predicted octanol–water partition coefficient (Wildman–Crippen LogP) is 3.94. The third-order valence-electron chi connectivity index (χ3n) is 12.4. The molecule has 1 saturated carbocycles. The molecule has 5 aliphatic rings. The zero-order chi connectivity index (χ0) is 33.7. The van der Waals surface area contributed by atoms with E-state index in [0.29, 0.717) is 12.8 Å². The summed E-state index contributed by atoms with van der Waals surface area (Å²) in [5, 5.41) is 0.